The number of hydrogen-bond acceptors (Lipinski definition) is 2. The first-order chi connectivity index (χ1) is 8.33. The van der Waals surface area contributed by atoms with E-state index < -0.39 is 0 Å². The van der Waals surface area contributed by atoms with Gasteiger partial charge < -0.3 is 5.32 Å². The Morgan fingerprint density at radius 1 is 1.18 bits per heavy atom. The average Bonchev–Trinajstić information content (AvgIpc) is 2.62. The summed E-state index contributed by atoms with van der Waals surface area (Å²) in [7, 11) is 0. The molecule has 0 atom stereocenters. The fourth-order valence-electron chi connectivity index (χ4n) is 2.24. The Labute approximate surface area is 101 Å². The van der Waals surface area contributed by atoms with Crippen LogP contribution in [-0.4, -0.2) is 22.9 Å². The standard InChI is InChI=1S/C14H17N3/c1-11-2-4-12(5-3-11)14-10-13-6-7-15-8-9-17(13)16-14/h2-5,10,15H,6-9H2,1H3. The maximum Gasteiger partial charge on any atom is 0.0926 e. The third-order valence-corrected chi connectivity index (χ3v) is 3.27. The fraction of sp³-hybridized carbons (Fsp3) is 0.357. The molecule has 0 fully saturated rings. The molecule has 1 N–H and O–H groups in total. The Morgan fingerprint density at radius 2 is 2.00 bits per heavy atom. The lowest BCUT2D eigenvalue weighted by Gasteiger charge is -2.00. The van der Waals surface area contributed by atoms with Crippen molar-refractivity contribution in [1.82, 2.24) is 15.1 Å². The van der Waals surface area contributed by atoms with Gasteiger partial charge in [-0.05, 0) is 13.0 Å². The zero-order valence-electron chi connectivity index (χ0n) is 10.1. The first-order valence-electron chi connectivity index (χ1n) is 6.17. The van der Waals surface area contributed by atoms with Crippen LogP contribution in [0.15, 0.2) is 30.3 Å². The number of nitrogens with one attached hydrogen (secondary N) is 1. The van der Waals surface area contributed by atoms with Gasteiger partial charge in [0.05, 0.1) is 12.2 Å². The molecule has 3 nitrogen and oxygen atoms in total. The minimum absolute atomic E-state index is 0.973. The van der Waals surface area contributed by atoms with E-state index in [-0.39, 0.29) is 0 Å². The lowest BCUT2D eigenvalue weighted by Crippen LogP contribution is -2.17. The van der Waals surface area contributed by atoms with Crippen molar-refractivity contribution in [3.05, 3.63) is 41.6 Å². The van der Waals surface area contributed by atoms with Gasteiger partial charge in [0.15, 0.2) is 0 Å². The highest BCUT2D eigenvalue weighted by atomic mass is 15.3. The van der Waals surface area contributed by atoms with E-state index in [9.17, 15) is 0 Å². The molecule has 0 bridgehead atoms. The quantitative estimate of drug-likeness (QED) is 0.807. The number of hydrogen-bond donors (Lipinski definition) is 1. The summed E-state index contributed by atoms with van der Waals surface area (Å²) in [5.74, 6) is 0. The SMILES string of the molecule is Cc1ccc(-c2cc3n(n2)CCNCC3)cc1. The van der Waals surface area contributed by atoms with E-state index >= 15 is 0 Å². The molecule has 2 aromatic rings. The first kappa shape index (κ1) is 10.5. The van der Waals surface area contributed by atoms with E-state index in [0.29, 0.717) is 0 Å². The van der Waals surface area contributed by atoms with Gasteiger partial charge >= 0.3 is 0 Å². The molecule has 0 aliphatic carbocycles. The van der Waals surface area contributed by atoms with Crippen LogP contribution in [-0.2, 0) is 13.0 Å². The summed E-state index contributed by atoms with van der Waals surface area (Å²) >= 11 is 0. The second kappa shape index (κ2) is 4.34. The van der Waals surface area contributed by atoms with Gasteiger partial charge in [-0.1, -0.05) is 29.8 Å². The molecule has 88 valence electrons. The molecular formula is C14H17N3. The van der Waals surface area contributed by atoms with Crippen molar-refractivity contribution in [3.8, 4) is 11.3 Å². The van der Waals surface area contributed by atoms with Crippen LogP contribution >= 0.6 is 0 Å². The number of fused-ring (bicyclic) bond motifs is 1. The van der Waals surface area contributed by atoms with Gasteiger partial charge in [-0.2, -0.15) is 5.10 Å². The first-order valence-corrected chi connectivity index (χ1v) is 6.17. The summed E-state index contributed by atoms with van der Waals surface area (Å²) < 4.78 is 2.13. The van der Waals surface area contributed by atoms with Crippen molar-refractivity contribution < 1.29 is 0 Å². The highest BCUT2D eigenvalue weighted by Gasteiger charge is 2.11. The highest BCUT2D eigenvalue weighted by Crippen LogP contribution is 2.20. The van der Waals surface area contributed by atoms with Crippen molar-refractivity contribution in [1.29, 1.82) is 0 Å². The van der Waals surface area contributed by atoms with Gasteiger partial charge in [0, 0.05) is 30.8 Å². The van der Waals surface area contributed by atoms with Crippen molar-refractivity contribution in [3.63, 3.8) is 0 Å². The number of aryl methyl sites for hydroxylation is 1. The predicted molar refractivity (Wildman–Crippen MR) is 69.0 cm³/mol. The number of rotatable bonds is 1. The summed E-state index contributed by atoms with van der Waals surface area (Å²) in [5, 5.41) is 8.07. The minimum atomic E-state index is 0.973. The van der Waals surface area contributed by atoms with Crippen LogP contribution in [0, 0.1) is 6.92 Å². The summed E-state index contributed by atoms with van der Waals surface area (Å²) in [6.45, 7) is 5.15. The van der Waals surface area contributed by atoms with Crippen LogP contribution in [0.3, 0.4) is 0 Å². The molecule has 0 saturated carbocycles. The fourth-order valence-corrected chi connectivity index (χ4v) is 2.24. The monoisotopic (exact) mass is 227 g/mol. The molecule has 0 unspecified atom stereocenters. The van der Waals surface area contributed by atoms with E-state index in [1.165, 1.54) is 16.8 Å². The Kier molecular flexibility index (Phi) is 2.69. The predicted octanol–water partition coefficient (Wildman–Crippen LogP) is 2.00. The van der Waals surface area contributed by atoms with Crippen LogP contribution in [0.4, 0.5) is 0 Å². The molecule has 0 saturated heterocycles. The minimum Gasteiger partial charge on any atom is -0.315 e. The second-order valence-corrected chi connectivity index (χ2v) is 4.61. The molecule has 0 amide bonds. The third kappa shape index (κ3) is 2.11. The van der Waals surface area contributed by atoms with Gasteiger partial charge in [0.2, 0.25) is 0 Å². The molecule has 1 aliphatic heterocycles. The van der Waals surface area contributed by atoms with E-state index in [2.05, 4.69) is 52.4 Å². The van der Waals surface area contributed by atoms with E-state index in [0.717, 1.165) is 31.7 Å². The lowest BCUT2D eigenvalue weighted by atomic mass is 10.1. The molecular weight excluding hydrogens is 210 g/mol. The van der Waals surface area contributed by atoms with Gasteiger partial charge in [-0.3, -0.25) is 4.68 Å². The van der Waals surface area contributed by atoms with E-state index in [1.807, 2.05) is 0 Å². The van der Waals surface area contributed by atoms with E-state index in [4.69, 9.17) is 0 Å². The summed E-state index contributed by atoms with van der Waals surface area (Å²) in [4.78, 5) is 0. The van der Waals surface area contributed by atoms with Crippen LogP contribution < -0.4 is 5.32 Å². The number of aromatic nitrogens is 2. The summed E-state index contributed by atoms with van der Waals surface area (Å²) in [6, 6.07) is 10.8. The van der Waals surface area contributed by atoms with Crippen LogP contribution in [0.25, 0.3) is 11.3 Å². The normalized spacial score (nSPS) is 15.4. The van der Waals surface area contributed by atoms with Gasteiger partial charge in [0.25, 0.3) is 0 Å². The highest BCUT2D eigenvalue weighted by molar-refractivity contribution is 5.59. The van der Waals surface area contributed by atoms with Crippen LogP contribution in [0.5, 0.6) is 0 Å². The summed E-state index contributed by atoms with van der Waals surface area (Å²) in [6.07, 6.45) is 1.07. The van der Waals surface area contributed by atoms with Crippen molar-refractivity contribution >= 4 is 0 Å². The smallest absolute Gasteiger partial charge is 0.0926 e. The average molecular weight is 227 g/mol. The zero-order chi connectivity index (χ0) is 11.7. The van der Waals surface area contributed by atoms with Crippen molar-refractivity contribution in [2.75, 3.05) is 13.1 Å². The Morgan fingerprint density at radius 3 is 2.82 bits per heavy atom. The lowest BCUT2D eigenvalue weighted by molar-refractivity contribution is 0.591. The van der Waals surface area contributed by atoms with Crippen LogP contribution in [0.2, 0.25) is 0 Å². The molecule has 1 aliphatic rings. The third-order valence-electron chi connectivity index (χ3n) is 3.27. The molecule has 3 heteroatoms. The molecule has 0 spiro atoms. The largest absolute Gasteiger partial charge is 0.315 e. The van der Waals surface area contributed by atoms with Gasteiger partial charge in [-0.25, -0.2) is 0 Å². The van der Waals surface area contributed by atoms with Gasteiger partial charge in [0.1, 0.15) is 0 Å². The Hall–Kier alpha value is -1.61. The van der Waals surface area contributed by atoms with Crippen molar-refractivity contribution in [2.24, 2.45) is 0 Å². The van der Waals surface area contributed by atoms with E-state index in [1.54, 1.807) is 0 Å². The maximum absolute atomic E-state index is 4.69. The maximum atomic E-state index is 4.69. The van der Waals surface area contributed by atoms with Crippen LogP contribution in [0.1, 0.15) is 11.3 Å². The second-order valence-electron chi connectivity index (χ2n) is 4.61. The molecule has 1 aromatic carbocycles. The molecule has 3 rings (SSSR count). The molecule has 2 heterocycles. The summed E-state index contributed by atoms with van der Waals surface area (Å²) in [5.41, 5.74) is 4.94. The molecule has 17 heavy (non-hydrogen) atoms. The zero-order valence-corrected chi connectivity index (χ0v) is 10.1. The van der Waals surface area contributed by atoms with Crippen molar-refractivity contribution in [2.45, 2.75) is 19.9 Å². The Balaban J connectivity index is 1.96. The number of benzene rings is 1. The topological polar surface area (TPSA) is 29.9 Å². The molecule has 0 radical (unpaired) electrons. The van der Waals surface area contributed by atoms with Gasteiger partial charge in [-0.15, -0.1) is 0 Å². The Bertz CT molecular complexity index is 487. The molecule has 1 aromatic heterocycles. The number of nitrogens with zero attached hydrogens (tertiary/aromatic N) is 2.